The molecule has 1 aromatic heterocycles. The molecule has 0 radical (unpaired) electrons. The van der Waals surface area contributed by atoms with Gasteiger partial charge in [0, 0.05) is 16.7 Å². The van der Waals surface area contributed by atoms with E-state index in [2.05, 4.69) is 4.98 Å². The van der Waals surface area contributed by atoms with Gasteiger partial charge in [-0.25, -0.2) is 9.37 Å². The largest absolute Gasteiger partial charge is 0.397 e. The number of hydrogen-bond acceptors (Lipinski definition) is 3. The molecule has 0 aliphatic heterocycles. The second kappa shape index (κ2) is 4.63. The Balaban J connectivity index is 2.24. The van der Waals surface area contributed by atoms with E-state index >= 15 is 0 Å². The van der Waals surface area contributed by atoms with E-state index in [9.17, 15) is 4.39 Å². The zero-order chi connectivity index (χ0) is 13.6. The van der Waals surface area contributed by atoms with Crippen LogP contribution in [0.2, 0.25) is 10.0 Å². The summed E-state index contributed by atoms with van der Waals surface area (Å²) in [6.07, 6.45) is 0. The Morgan fingerprint density at radius 2 is 1.95 bits per heavy atom. The number of fused-ring (bicyclic) bond motifs is 1. The molecule has 2 nitrogen and oxygen atoms in total. The first-order valence-electron chi connectivity index (χ1n) is 5.35. The van der Waals surface area contributed by atoms with Gasteiger partial charge in [-0.1, -0.05) is 23.2 Å². The van der Waals surface area contributed by atoms with E-state index in [4.69, 9.17) is 28.9 Å². The first kappa shape index (κ1) is 12.7. The molecular weight excluding hydrogens is 306 g/mol. The molecule has 0 atom stereocenters. The van der Waals surface area contributed by atoms with Gasteiger partial charge in [0.05, 0.1) is 20.9 Å². The van der Waals surface area contributed by atoms with Crippen LogP contribution in [0.4, 0.5) is 10.1 Å². The topological polar surface area (TPSA) is 38.9 Å². The van der Waals surface area contributed by atoms with E-state index in [1.165, 1.54) is 23.5 Å². The van der Waals surface area contributed by atoms with Crippen LogP contribution >= 0.6 is 34.5 Å². The number of thiazole rings is 1. The highest BCUT2D eigenvalue weighted by atomic mass is 35.5. The van der Waals surface area contributed by atoms with Crippen molar-refractivity contribution in [3.63, 3.8) is 0 Å². The molecule has 96 valence electrons. The van der Waals surface area contributed by atoms with Gasteiger partial charge in [0.1, 0.15) is 10.8 Å². The van der Waals surface area contributed by atoms with E-state index in [0.29, 0.717) is 31.8 Å². The minimum Gasteiger partial charge on any atom is -0.397 e. The Bertz CT molecular complexity index is 786. The average molecular weight is 313 g/mol. The molecule has 0 bridgehead atoms. The van der Waals surface area contributed by atoms with Crippen molar-refractivity contribution in [2.75, 3.05) is 5.73 Å². The van der Waals surface area contributed by atoms with Crippen molar-refractivity contribution in [2.45, 2.75) is 0 Å². The van der Waals surface area contributed by atoms with Crippen LogP contribution in [0, 0.1) is 5.82 Å². The molecule has 3 aromatic rings. The summed E-state index contributed by atoms with van der Waals surface area (Å²) >= 11 is 13.4. The van der Waals surface area contributed by atoms with Gasteiger partial charge >= 0.3 is 0 Å². The van der Waals surface area contributed by atoms with Gasteiger partial charge in [-0.05, 0) is 24.3 Å². The summed E-state index contributed by atoms with van der Waals surface area (Å²) in [5.74, 6) is -0.318. The first-order valence-corrected chi connectivity index (χ1v) is 6.93. The number of rotatable bonds is 1. The average Bonchev–Trinajstić information content (AvgIpc) is 2.76. The third kappa shape index (κ3) is 2.27. The molecule has 0 aliphatic carbocycles. The standard InChI is InChI=1S/C13H7Cl2FN2S/c14-6-3-8(12(17)9(15)4-6)13-18-10-5-7(16)1-2-11(10)19-13/h1-5H,17H2. The fourth-order valence-corrected chi connectivity index (χ4v) is 3.25. The van der Waals surface area contributed by atoms with Gasteiger partial charge in [0.15, 0.2) is 0 Å². The number of aromatic nitrogens is 1. The van der Waals surface area contributed by atoms with E-state index in [1.54, 1.807) is 18.2 Å². The zero-order valence-electron chi connectivity index (χ0n) is 9.45. The summed E-state index contributed by atoms with van der Waals surface area (Å²) in [5, 5.41) is 1.54. The second-order valence-corrected chi connectivity index (χ2v) is 5.85. The van der Waals surface area contributed by atoms with Crippen LogP contribution in [0.25, 0.3) is 20.8 Å². The molecule has 2 N–H and O–H groups in total. The fourth-order valence-electron chi connectivity index (χ4n) is 1.78. The Kier molecular flexibility index (Phi) is 3.09. The maximum Gasteiger partial charge on any atom is 0.126 e. The molecule has 2 aromatic carbocycles. The lowest BCUT2D eigenvalue weighted by Crippen LogP contribution is -1.91. The van der Waals surface area contributed by atoms with E-state index in [1.807, 2.05) is 0 Å². The van der Waals surface area contributed by atoms with Crippen molar-refractivity contribution in [1.82, 2.24) is 4.98 Å². The van der Waals surface area contributed by atoms with Crippen molar-refractivity contribution < 1.29 is 4.39 Å². The Morgan fingerprint density at radius 1 is 1.16 bits per heavy atom. The minimum absolute atomic E-state index is 0.318. The number of halogens is 3. The zero-order valence-corrected chi connectivity index (χ0v) is 11.8. The van der Waals surface area contributed by atoms with Gasteiger partial charge in [-0.2, -0.15) is 0 Å². The van der Waals surface area contributed by atoms with Crippen molar-refractivity contribution in [2.24, 2.45) is 0 Å². The van der Waals surface area contributed by atoms with Gasteiger partial charge < -0.3 is 5.73 Å². The van der Waals surface area contributed by atoms with Gasteiger partial charge in [-0.3, -0.25) is 0 Å². The Hall–Kier alpha value is -1.36. The summed E-state index contributed by atoms with van der Waals surface area (Å²) in [6, 6.07) is 7.76. The highest BCUT2D eigenvalue weighted by Crippen LogP contribution is 2.38. The lowest BCUT2D eigenvalue weighted by molar-refractivity contribution is 0.629. The lowest BCUT2D eigenvalue weighted by Gasteiger charge is -2.05. The number of nitrogens with two attached hydrogens (primary N) is 1. The molecular formula is C13H7Cl2FN2S. The maximum atomic E-state index is 13.2. The molecule has 0 fully saturated rings. The third-order valence-electron chi connectivity index (χ3n) is 2.67. The number of benzene rings is 2. The number of anilines is 1. The number of nitrogens with zero attached hydrogens (tertiary/aromatic N) is 1. The van der Waals surface area contributed by atoms with Gasteiger partial charge in [0.25, 0.3) is 0 Å². The minimum atomic E-state index is -0.318. The van der Waals surface area contributed by atoms with Crippen LogP contribution < -0.4 is 5.73 Å². The summed E-state index contributed by atoms with van der Waals surface area (Å²) in [6.45, 7) is 0. The molecule has 0 unspecified atom stereocenters. The van der Waals surface area contributed by atoms with E-state index < -0.39 is 0 Å². The molecule has 0 aliphatic rings. The third-order valence-corrected chi connectivity index (χ3v) is 4.27. The molecule has 1 heterocycles. The van der Waals surface area contributed by atoms with Crippen LogP contribution in [0.5, 0.6) is 0 Å². The van der Waals surface area contributed by atoms with Crippen molar-refractivity contribution in [1.29, 1.82) is 0 Å². The molecule has 0 amide bonds. The highest BCUT2D eigenvalue weighted by molar-refractivity contribution is 7.21. The summed E-state index contributed by atoms with van der Waals surface area (Å²) in [7, 11) is 0. The lowest BCUT2D eigenvalue weighted by atomic mass is 10.2. The van der Waals surface area contributed by atoms with Crippen molar-refractivity contribution in [3.05, 3.63) is 46.2 Å². The van der Waals surface area contributed by atoms with Crippen LogP contribution in [0.3, 0.4) is 0 Å². The van der Waals surface area contributed by atoms with Crippen LogP contribution in [-0.4, -0.2) is 4.98 Å². The molecule has 19 heavy (non-hydrogen) atoms. The van der Waals surface area contributed by atoms with Crippen LogP contribution in [0.1, 0.15) is 0 Å². The molecule has 0 spiro atoms. The van der Waals surface area contributed by atoms with Crippen LogP contribution in [0.15, 0.2) is 30.3 Å². The van der Waals surface area contributed by atoms with E-state index in [-0.39, 0.29) is 5.82 Å². The predicted molar refractivity (Wildman–Crippen MR) is 79.4 cm³/mol. The SMILES string of the molecule is Nc1c(Cl)cc(Cl)cc1-c1nc2cc(F)ccc2s1. The van der Waals surface area contributed by atoms with Crippen molar-refractivity contribution >= 4 is 50.4 Å². The molecule has 0 saturated carbocycles. The first-order chi connectivity index (χ1) is 9.04. The second-order valence-electron chi connectivity index (χ2n) is 3.98. The number of hydrogen-bond donors (Lipinski definition) is 1. The van der Waals surface area contributed by atoms with Crippen LogP contribution in [-0.2, 0) is 0 Å². The molecule has 0 saturated heterocycles. The summed E-state index contributed by atoms with van der Waals surface area (Å²) in [4.78, 5) is 4.37. The predicted octanol–water partition coefficient (Wildman–Crippen LogP) is 4.99. The Morgan fingerprint density at radius 3 is 2.74 bits per heavy atom. The van der Waals surface area contributed by atoms with E-state index in [0.717, 1.165) is 4.70 Å². The highest BCUT2D eigenvalue weighted by Gasteiger charge is 2.13. The smallest absolute Gasteiger partial charge is 0.126 e. The van der Waals surface area contributed by atoms with Gasteiger partial charge in [-0.15, -0.1) is 11.3 Å². The number of nitrogen functional groups attached to an aromatic ring is 1. The molecule has 3 rings (SSSR count). The maximum absolute atomic E-state index is 13.2. The Labute approximate surface area is 122 Å². The molecule has 6 heteroatoms. The van der Waals surface area contributed by atoms with Gasteiger partial charge in [0.2, 0.25) is 0 Å². The fraction of sp³-hybridized carbons (Fsp3) is 0. The monoisotopic (exact) mass is 312 g/mol. The quantitative estimate of drug-likeness (QED) is 0.643. The normalized spacial score (nSPS) is 11.1. The summed E-state index contributed by atoms with van der Waals surface area (Å²) < 4.78 is 14.0. The van der Waals surface area contributed by atoms with Crippen molar-refractivity contribution in [3.8, 4) is 10.6 Å². The summed E-state index contributed by atoms with van der Waals surface area (Å²) in [5.41, 5.74) is 7.62.